The molecule has 0 aromatic rings. The minimum atomic E-state index is 0.512. The van der Waals surface area contributed by atoms with Gasteiger partial charge in [0.1, 0.15) is 0 Å². The van der Waals surface area contributed by atoms with Gasteiger partial charge in [0.25, 0.3) is 0 Å². The molecule has 2 saturated heterocycles. The minimum Gasteiger partial charge on any atom is -0.295 e. The molecule has 2 aliphatic rings. The summed E-state index contributed by atoms with van der Waals surface area (Å²) in [6, 6.07) is 0.739. The van der Waals surface area contributed by atoms with E-state index in [1.807, 2.05) is 6.08 Å². The summed E-state index contributed by atoms with van der Waals surface area (Å²) in [5, 5.41) is 2.25. The van der Waals surface area contributed by atoms with Gasteiger partial charge in [0.05, 0.1) is 6.10 Å². The molecule has 15 heavy (non-hydrogen) atoms. The van der Waals surface area contributed by atoms with Gasteiger partial charge in [0.2, 0.25) is 0 Å². The molecule has 2 rings (SSSR count). The highest BCUT2D eigenvalue weighted by Gasteiger charge is 2.34. The van der Waals surface area contributed by atoms with Crippen LogP contribution < -0.4 is 0 Å². The van der Waals surface area contributed by atoms with Crippen molar-refractivity contribution in [1.29, 1.82) is 0 Å². The lowest BCUT2D eigenvalue weighted by atomic mass is 9.98. The molecule has 0 aromatic carbocycles. The fourth-order valence-corrected chi connectivity index (χ4v) is 2.72. The molecule has 2 heterocycles. The zero-order valence-electron chi connectivity index (χ0n) is 9.66. The number of rotatable bonds is 5. The summed E-state index contributed by atoms with van der Waals surface area (Å²) < 4.78 is 0. The molecule has 0 saturated carbocycles. The highest BCUT2D eigenvalue weighted by Crippen LogP contribution is 2.31. The Bertz CT molecular complexity index is 191. The van der Waals surface area contributed by atoms with Crippen LogP contribution in [0.3, 0.4) is 0 Å². The average Bonchev–Trinajstić information content (AvgIpc) is 2.67. The van der Waals surface area contributed by atoms with Crippen LogP contribution in [0, 0.1) is 0 Å². The van der Waals surface area contributed by atoms with Crippen LogP contribution in [0.15, 0.2) is 12.7 Å². The monoisotopic (exact) mass is 209 g/mol. The van der Waals surface area contributed by atoms with E-state index < -0.39 is 0 Å². The van der Waals surface area contributed by atoms with Crippen molar-refractivity contribution < 1.29 is 4.84 Å². The van der Waals surface area contributed by atoms with Gasteiger partial charge in [0.15, 0.2) is 0 Å². The number of nitrogens with zero attached hydrogens (tertiary/aromatic N) is 1. The Kier molecular flexibility index (Phi) is 4.21. The lowest BCUT2D eigenvalue weighted by molar-refractivity contribution is -0.172. The number of hydroxylamine groups is 2. The van der Waals surface area contributed by atoms with Crippen molar-refractivity contribution in [2.45, 2.75) is 63.5 Å². The molecular weight excluding hydrogens is 186 g/mol. The first-order valence-corrected chi connectivity index (χ1v) is 6.44. The summed E-state index contributed by atoms with van der Waals surface area (Å²) in [7, 11) is 0. The number of fused-ring (bicyclic) bond motifs is 1. The van der Waals surface area contributed by atoms with Gasteiger partial charge < -0.3 is 0 Å². The summed E-state index contributed by atoms with van der Waals surface area (Å²) in [5.41, 5.74) is 0. The third-order valence-electron chi connectivity index (χ3n) is 3.58. The van der Waals surface area contributed by atoms with Gasteiger partial charge in [-0.25, -0.2) is 0 Å². The van der Waals surface area contributed by atoms with Crippen molar-refractivity contribution in [3.63, 3.8) is 0 Å². The number of allylic oxidation sites excluding steroid dienone is 1. The summed E-state index contributed by atoms with van der Waals surface area (Å²) in [6.45, 7) is 4.91. The molecule has 0 bridgehead atoms. The smallest absolute Gasteiger partial charge is 0.0809 e. The van der Waals surface area contributed by atoms with Gasteiger partial charge in [-0.3, -0.25) is 4.84 Å². The average molecular weight is 209 g/mol. The van der Waals surface area contributed by atoms with Gasteiger partial charge in [-0.1, -0.05) is 18.9 Å². The largest absolute Gasteiger partial charge is 0.295 e. The number of unbranched alkanes of at least 4 members (excludes halogenated alkanes) is 2. The first kappa shape index (κ1) is 11.2. The molecule has 2 unspecified atom stereocenters. The molecular formula is C13H23NO. The van der Waals surface area contributed by atoms with E-state index in [4.69, 9.17) is 4.84 Å². The van der Waals surface area contributed by atoms with Crippen LogP contribution in [0.2, 0.25) is 0 Å². The highest BCUT2D eigenvalue weighted by molar-refractivity contribution is 4.81. The molecule has 0 aromatic heterocycles. The van der Waals surface area contributed by atoms with E-state index in [1.54, 1.807) is 0 Å². The van der Waals surface area contributed by atoms with Crippen LogP contribution in [0.25, 0.3) is 0 Å². The second-order valence-corrected chi connectivity index (χ2v) is 4.83. The second kappa shape index (κ2) is 5.66. The molecule has 0 spiro atoms. The maximum absolute atomic E-state index is 5.95. The summed E-state index contributed by atoms with van der Waals surface area (Å²) >= 11 is 0. The first-order valence-electron chi connectivity index (χ1n) is 6.44. The predicted octanol–water partition coefficient (Wildman–Crippen LogP) is 3.29. The summed E-state index contributed by atoms with van der Waals surface area (Å²) in [4.78, 5) is 5.95. The molecule has 86 valence electrons. The SMILES string of the molecule is C=CCCCCC1CC2CCCCN2O1. The molecule has 2 atom stereocenters. The van der Waals surface area contributed by atoms with Gasteiger partial charge in [-0.2, -0.15) is 5.06 Å². The van der Waals surface area contributed by atoms with Gasteiger partial charge in [0, 0.05) is 12.6 Å². The van der Waals surface area contributed by atoms with E-state index in [9.17, 15) is 0 Å². The maximum Gasteiger partial charge on any atom is 0.0809 e. The lowest BCUT2D eigenvalue weighted by Crippen LogP contribution is -2.32. The third-order valence-corrected chi connectivity index (χ3v) is 3.58. The van der Waals surface area contributed by atoms with E-state index in [1.165, 1.54) is 44.9 Å². The zero-order chi connectivity index (χ0) is 10.5. The van der Waals surface area contributed by atoms with E-state index in [-0.39, 0.29) is 0 Å². The molecule has 2 aliphatic heterocycles. The molecule has 2 fully saturated rings. The Morgan fingerprint density at radius 3 is 3.07 bits per heavy atom. The van der Waals surface area contributed by atoms with Crippen molar-refractivity contribution in [2.75, 3.05) is 6.54 Å². The Balaban J connectivity index is 1.65. The van der Waals surface area contributed by atoms with Crippen LogP contribution >= 0.6 is 0 Å². The molecule has 2 heteroatoms. The number of hydrogen-bond donors (Lipinski definition) is 0. The van der Waals surface area contributed by atoms with Gasteiger partial charge in [-0.05, 0) is 38.5 Å². The Labute approximate surface area is 93.2 Å². The summed E-state index contributed by atoms with van der Waals surface area (Å²) in [6.07, 6.45) is 12.8. The Hall–Kier alpha value is -0.340. The summed E-state index contributed by atoms with van der Waals surface area (Å²) in [5.74, 6) is 0. The molecule has 0 N–H and O–H groups in total. The van der Waals surface area contributed by atoms with Crippen LogP contribution in [0.1, 0.15) is 51.4 Å². The fourth-order valence-electron chi connectivity index (χ4n) is 2.72. The van der Waals surface area contributed by atoms with Crippen molar-refractivity contribution in [3.8, 4) is 0 Å². The maximum atomic E-state index is 5.95. The lowest BCUT2D eigenvalue weighted by Gasteiger charge is -2.26. The van der Waals surface area contributed by atoms with Crippen molar-refractivity contribution in [2.24, 2.45) is 0 Å². The molecule has 0 amide bonds. The van der Waals surface area contributed by atoms with E-state index in [0.29, 0.717) is 6.10 Å². The standard InChI is InChI=1S/C13H23NO/c1-2-3-4-5-9-13-11-12-8-6-7-10-14(12)15-13/h2,12-13H,1,3-11H2. The minimum absolute atomic E-state index is 0.512. The quantitative estimate of drug-likeness (QED) is 0.509. The van der Waals surface area contributed by atoms with E-state index in [0.717, 1.165) is 19.0 Å². The van der Waals surface area contributed by atoms with Crippen LogP contribution in [-0.4, -0.2) is 23.8 Å². The normalized spacial score (nSPS) is 31.5. The van der Waals surface area contributed by atoms with Crippen LogP contribution in [0.4, 0.5) is 0 Å². The van der Waals surface area contributed by atoms with Crippen LogP contribution in [0.5, 0.6) is 0 Å². The zero-order valence-corrected chi connectivity index (χ0v) is 9.66. The molecule has 0 aliphatic carbocycles. The predicted molar refractivity (Wildman–Crippen MR) is 62.5 cm³/mol. The highest BCUT2D eigenvalue weighted by atomic mass is 16.7. The Morgan fingerprint density at radius 1 is 1.33 bits per heavy atom. The fraction of sp³-hybridized carbons (Fsp3) is 0.846. The van der Waals surface area contributed by atoms with Gasteiger partial charge >= 0.3 is 0 Å². The van der Waals surface area contributed by atoms with Gasteiger partial charge in [-0.15, -0.1) is 6.58 Å². The first-order chi connectivity index (χ1) is 7.40. The van der Waals surface area contributed by atoms with E-state index >= 15 is 0 Å². The van der Waals surface area contributed by atoms with Crippen molar-refractivity contribution in [1.82, 2.24) is 5.06 Å². The Morgan fingerprint density at radius 2 is 2.27 bits per heavy atom. The van der Waals surface area contributed by atoms with Crippen molar-refractivity contribution in [3.05, 3.63) is 12.7 Å². The number of piperidine rings is 1. The topological polar surface area (TPSA) is 12.5 Å². The third kappa shape index (κ3) is 3.05. The van der Waals surface area contributed by atoms with Crippen LogP contribution in [-0.2, 0) is 4.84 Å². The molecule has 0 radical (unpaired) electrons. The second-order valence-electron chi connectivity index (χ2n) is 4.83. The van der Waals surface area contributed by atoms with E-state index in [2.05, 4.69) is 11.6 Å². The van der Waals surface area contributed by atoms with Crippen molar-refractivity contribution >= 4 is 0 Å². The molecule has 2 nitrogen and oxygen atoms in total. The number of hydrogen-bond acceptors (Lipinski definition) is 2.